The first-order chi connectivity index (χ1) is 12.0. The number of carbonyl (C=O) groups is 1. The van der Waals surface area contributed by atoms with Gasteiger partial charge in [-0.2, -0.15) is 10.1 Å². The highest BCUT2D eigenvalue weighted by atomic mass is 16.5. The molecule has 0 aromatic carbocycles. The van der Waals surface area contributed by atoms with Crippen molar-refractivity contribution in [1.82, 2.24) is 24.8 Å². The number of aryl methyl sites for hydroxylation is 2. The van der Waals surface area contributed by atoms with E-state index in [9.17, 15) is 4.79 Å². The fourth-order valence-corrected chi connectivity index (χ4v) is 2.84. The van der Waals surface area contributed by atoms with Crippen LogP contribution in [0, 0.1) is 12.8 Å². The zero-order chi connectivity index (χ0) is 18.0. The molecule has 0 spiro atoms. The maximum Gasteiger partial charge on any atom is 0.323 e. The summed E-state index contributed by atoms with van der Waals surface area (Å²) in [7, 11) is 1.71. The number of urea groups is 1. The number of nitrogens with zero attached hydrogens (tertiary/aromatic N) is 5. The minimum atomic E-state index is -0.219. The third kappa shape index (κ3) is 4.00. The van der Waals surface area contributed by atoms with Crippen LogP contribution in [0.3, 0.4) is 0 Å². The largest absolute Gasteiger partial charge is 0.337 e. The third-order valence-corrected chi connectivity index (χ3v) is 4.60. The first-order valence-corrected chi connectivity index (χ1v) is 8.87. The van der Waals surface area contributed by atoms with E-state index in [4.69, 9.17) is 4.52 Å². The van der Waals surface area contributed by atoms with Gasteiger partial charge in [-0.05, 0) is 39.0 Å². The lowest BCUT2D eigenvalue weighted by Crippen LogP contribution is -2.32. The van der Waals surface area contributed by atoms with E-state index in [1.165, 1.54) is 17.7 Å². The lowest BCUT2D eigenvalue weighted by Gasteiger charge is -2.19. The number of carbonyl (C=O) groups excluding carboxylic acids is 1. The van der Waals surface area contributed by atoms with Crippen LogP contribution in [0.1, 0.15) is 56.4 Å². The molecule has 2 heterocycles. The molecule has 2 aromatic rings. The fraction of sp³-hybridized carbons (Fsp3) is 0.647. The zero-order valence-electron chi connectivity index (χ0n) is 15.3. The molecule has 8 nitrogen and oxygen atoms in total. The highest BCUT2D eigenvalue weighted by Gasteiger charge is 2.31. The van der Waals surface area contributed by atoms with Gasteiger partial charge in [-0.25, -0.2) is 9.48 Å². The summed E-state index contributed by atoms with van der Waals surface area (Å²) in [5.41, 5.74) is 0.956. The van der Waals surface area contributed by atoms with Crippen molar-refractivity contribution in [3.63, 3.8) is 0 Å². The molecule has 1 unspecified atom stereocenters. The Morgan fingerprint density at radius 2 is 2.28 bits per heavy atom. The van der Waals surface area contributed by atoms with Gasteiger partial charge in [0, 0.05) is 19.0 Å². The molecule has 8 heteroatoms. The smallest absolute Gasteiger partial charge is 0.323 e. The van der Waals surface area contributed by atoms with E-state index >= 15 is 0 Å². The summed E-state index contributed by atoms with van der Waals surface area (Å²) in [5.74, 6) is 2.53. The van der Waals surface area contributed by atoms with E-state index in [1.807, 2.05) is 11.6 Å². The van der Waals surface area contributed by atoms with E-state index in [1.54, 1.807) is 13.2 Å². The van der Waals surface area contributed by atoms with Gasteiger partial charge in [-0.15, -0.1) is 0 Å². The average molecular weight is 346 g/mol. The molecule has 2 aromatic heterocycles. The Kier molecular flexibility index (Phi) is 5.06. The number of nitrogens with one attached hydrogen (secondary N) is 1. The van der Waals surface area contributed by atoms with E-state index in [0.717, 1.165) is 24.2 Å². The number of hydrogen-bond donors (Lipinski definition) is 1. The quantitative estimate of drug-likeness (QED) is 0.832. The molecule has 3 rings (SSSR count). The molecule has 0 radical (unpaired) electrons. The van der Waals surface area contributed by atoms with Gasteiger partial charge in [-0.3, -0.25) is 5.32 Å². The molecule has 1 aliphatic carbocycles. The molecule has 0 bridgehead atoms. The predicted molar refractivity (Wildman–Crippen MR) is 93.2 cm³/mol. The maximum atomic E-state index is 12.5. The second-order valence-electron chi connectivity index (χ2n) is 6.84. The molecule has 1 N–H and O–H groups in total. The van der Waals surface area contributed by atoms with Crippen molar-refractivity contribution >= 4 is 11.8 Å². The van der Waals surface area contributed by atoms with Crippen LogP contribution in [0.25, 0.3) is 0 Å². The molecule has 0 aliphatic heterocycles. The lowest BCUT2D eigenvalue weighted by atomic mass is 10.2. The van der Waals surface area contributed by atoms with Gasteiger partial charge in [-0.1, -0.05) is 12.1 Å². The van der Waals surface area contributed by atoms with E-state index in [0.29, 0.717) is 23.7 Å². The molecule has 1 fully saturated rings. The molecular weight excluding hydrogens is 320 g/mol. The second-order valence-corrected chi connectivity index (χ2v) is 6.84. The predicted octanol–water partition coefficient (Wildman–Crippen LogP) is 3.16. The summed E-state index contributed by atoms with van der Waals surface area (Å²) in [6, 6.07) is 0.0740. The van der Waals surface area contributed by atoms with Crippen molar-refractivity contribution in [2.24, 2.45) is 5.92 Å². The minimum absolute atomic E-state index is 0.219. The van der Waals surface area contributed by atoms with Gasteiger partial charge in [0.2, 0.25) is 5.89 Å². The highest BCUT2D eigenvalue weighted by Crippen LogP contribution is 2.40. The number of hydrogen-bond acceptors (Lipinski definition) is 5. The summed E-state index contributed by atoms with van der Waals surface area (Å²) in [6.07, 6.45) is 5.98. The Hall–Kier alpha value is -2.38. The van der Waals surface area contributed by atoms with E-state index in [2.05, 4.69) is 34.4 Å². The molecule has 25 heavy (non-hydrogen) atoms. The monoisotopic (exact) mass is 346 g/mol. The van der Waals surface area contributed by atoms with Gasteiger partial charge in [0.1, 0.15) is 12.4 Å². The summed E-state index contributed by atoms with van der Waals surface area (Å²) >= 11 is 0. The van der Waals surface area contributed by atoms with Crippen LogP contribution in [0.15, 0.2) is 10.7 Å². The summed E-state index contributed by atoms with van der Waals surface area (Å²) in [6.45, 7) is 6.43. The Bertz CT molecular complexity index is 733. The number of amides is 2. The van der Waals surface area contributed by atoms with Gasteiger partial charge in [0.25, 0.3) is 0 Å². The second kappa shape index (κ2) is 7.25. The van der Waals surface area contributed by atoms with Crippen LogP contribution in [0.2, 0.25) is 0 Å². The van der Waals surface area contributed by atoms with Crippen molar-refractivity contribution < 1.29 is 9.32 Å². The molecule has 0 saturated heterocycles. The summed E-state index contributed by atoms with van der Waals surface area (Å²) < 4.78 is 7.12. The van der Waals surface area contributed by atoms with Gasteiger partial charge in [0.15, 0.2) is 5.82 Å². The maximum absolute atomic E-state index is 12.5. The molecule has 1 aliphatic rings. The zero-order valence-corrected chi connectivity index (χ0v) is 15.3. The van der Waals surface area contributed by atoms with Crippen LogP contribution in [-0.2, 0) is 13.0 Å². The summed E-state index contributed by atoms with van der Waals surface area (Å²) in [5, 5.41) is 11.3. The van der Waals surface area contributed by atoms with Crippen LogP contribution >= 0.6 is 0 Å². The fourth-order valence-electron chi connectivity index (χ4n) is 2.84. The molecular formula is C17H26N6O2. The van der Waals surface area contributed by atoms with Crippen LogP contribution in [-0.4, -0.2) is 37.9 Å². The number of rotatable bonds is 7. The van der Waals surface area contributed by atoms with Crippen molar-refractivity contribution in [3.05, 3.63) is 23.5 Å². The van der Waals surface area contributed by atoms with Gasteiger partial charge in [0.05, 0.1) is 12.2 Å². The Balaban J connectivity index is 1.64. The SMILES string of the molecule is CCCc1noc(CN(C)C(=O)Nc2c(C)cnn2C(C)C2CC2)n1. The van der Waals surface area contributed by atoms with Crippen molar-refractivity contribution in [3.8, 4) is 0 Å². The standard InChI is InChI=1S/C17H26N6O2/c1-5-6-14-19-15(25-21-14)10-22(4)17(24)20-16-11(2)9-18-23(16)12(3)13-7-8-13/h9,12-13H,5-8,10H2,1-4H3,(H,20,24). The Morgan fingerprint density at radius 3 is 2.96 bits per heavy atom. The topological polar surface area (TPSA) is 89.1 Å². The summed E-state index contributed by atoms with van der Waals surface area (Å²) in [4.78, 5) is 18.4. The van der Waals surface area contributed by atoms with E-state index < -0.39 is 0 Å². The molecule has 1 saturated carbocycles. The van der Waals surface area contributed by atoms with Gasteiger partial charge >= 0.3 is 6.03 Å². The van der Waals surface area contributed by atoms with Crippen molar-refractivity contribution in [1.29, 1.82) is 0 Å². The first-order valence-electron chi connectivity index (χ1n) is 8.87. The Labute approximate surface area is 147 Å². The Morgan fingerprint density at radius 1 is 1.52 bits per heavy atom. The highest BCUT2D eigenvalue weighted by molar-refractivity contribution is 5.88. The number of anilines is 1. The van der Waals surface area contributed by atoms with Crippen molar-refractivity contribution in [2.45, 2.75) is 59.0 Å². The minimum Gasteiger partial charge on any atom is -0.337 e. The average Bonchev–Trinajstić information content (AvgIpc) is 3.25. The van der Waals surface area contributed by atoms with Crippen molar-refractivity contribution in [2.75, 3.05) is 12.4 Å². The third-order valence-electron chi connectivity index (χ3n) is 4.60. The number of aromatic nitrogens is 4. The molecule has 1 atom stereocenters. The van der Waals surface area contributed by atoms with Crippen LogP contribution in [0.4, 0.5) is 10.6 Å². The lowest BCUT2D eigenvalue weighted by molar-refractivity contribution is 0.212. The first kappa shape index (κ1) is 17.4. The van der Waals surface area contributed by atoms with Crippen LogP contribution < -0.4 is 5.32 Å². The molecule has 136 valence electrons. The molecule has 2 amide bonds. The van der Waals surface area contributed by atoms with Gasteiger partial charge < -0.3 is 9.42 Å². The van der Waals surface area contributed by atoms with Crippen LogP contribution in [0.5, 0.6) is 0 Å². The normalized spacial score (nSPS) is 15.2. The van der Waals surface area contributed by atoms with E-state index in [-0.39, 0.29) is 12.6 Å².